The van der Waals surface area contributed by atoms with E-state index in [4.69, 9.17) is 21.6 Å². The summed E-state index contributed by atoms with van der Waals surface area (Å²) in [5.74, 6) is 1.63. The molecule has 1 aliphatic heterocycles. The van der Waals surface area contributed by atoms with Gasteiger partial charge >= 0.3 is 0 Å². The minimum Gasteiger partial charge on any atom is -0.324 e. The van der Waals surface area contributed by atoms with E-state index in [-0.39, 0.29) is 6.17 Å². The largest absolute Gasteiger partial charge is 0.324 e. The van der Waals surface area contributed by atoms with Gasteiger partial charge in [-0.05, 0) is 28.8 Å². The summed E-state index contributed by atoms with van der Waals surface area (Å²) < 4.78 is 0. The number of hydrogen-bond acceptors (Lipinski definition) is 3. The van der Waals surface area contributed by atoms with Crippen LogP contribution in [0.1, 0.15) is 22.9 Å². The first kappa shape index (κ1) is 19.3. The van der Waals surface area contributed by atoms with Gasteiger partial charge in [0.1, 0.15) is 11.7 Å². The normalized spacial score (nSPS) is 15.6. The molecule has 1 aliphatic rings. The summed E-state index contributed by atoms with van der Waals surface area (Å²) in [5, 5.41) is 4.17. The van der Waals surface area contributed by atoms with Crippen molar-refractivity contribution in [3.05, 3.63) is 131 Å². The number of benzene rings is 4. The Balaban J connectivity index is 1.50. The summed E-state index contributed by atoms with van der Waals surface area (Å²) in [5.41, 5.74) is 5.37. The average Bonchev–Trinajstić information content (AvgIpc) is 2.85. The Hall–Kier alpha value is -3.69. The molecule has 4 aromatic rings. The number of amidine groups is 2. The summed E-state index contributed by atoms with van der Waals surface area (Å²) >= 11 is 6.02. The van der Waals surface area contributed by atoms with Gasteiger partial charge in [-0.25, -0.2) is 9.98 Å². The topological polar surface area (TPSA) is 36.8 Å². The molecule has 1 unspecified atom stereocenters. The lowest BCUT2D eigenvalue weighted by Crippen LogP contribution is -2.36. The number of rotatable bonds is 4. The Morgan fingerprint density at radius 3 is 1.55 bits per heavy atom. The van der Waals surface area contributed by atoms with Gasteiger partial charge in [-0.2, -0.15) is 0 Å². The molecule has 0 aromatic heterocycles. The van der Waals surface area contributed by atoms with Gasteiger partial charge in [-0.15, -0.1) is 0 Å². The van der Waals surface area contributed by atoms with Crippen LogP contribution in [-0.4, -0.2) is 11.7 Å². The van der Waals surface area contributed by atoms with E-state index in [1.165, 1.54) is 0 Å². The second kappa shape index (κ2) is 8.58. The van der Waals surface area contributed by atoms with Crippen molar-refractivity contribution >= 4 is 23.3 Å². The van der Waals surface area contributed by atoms with Crippen LogP contribution in [0.4, 0.5) is 0 Å². The van der Waals surface area contributed by atoms with Gasteiger partial charge in [0.05, 0.1) is 0 Å². The Labute approximate surface area is 186 Å². The molecular formula is C27H20ClN3. The molecule has 0 saturated heterocycles. The molecular weight excluding hydrogens is 402 g/mol. The molecule has 0 spiro atoms. The van der Waals surface area contributed by atoms with Crippen LogP contribution in [0.2, 0.25) is 5.02 Å². The third-order valence-corrected chi connectivity index (χ3v) is 5.47. The molecule has 0 fully saturated rings. The van der Waals surface area contributed by atoms with Gasteiger partial charge in [-0.3, -0.25) is 0 Å². The van der Waals surface area contributed by atoms with E-state index in [9.17, 15) is 0 Å². The first-order valence-electron chi connectivity index (χ1n) is 10.2. The van der Waals surface area contributed by atoms with E-state index in [1.54, 1.807) is 0 Å². The minimum absolute atomic E-state index is 0.288. The predicted molar refractivity (Wildman–Crippen MR) is 129 cm³/mol. The highest BCUT2D eigenvalue weighted by atomic mass is 35.5. The van der Waals surface area contributed by atoms with Crippen LogP contribution >= 0.6 is 11.6 Å². The minimum atomic E-state index is -0.288. The van der Waals surface area contributed by atoms with Crippen LogP contribution in [0.15, 0.2) is 119 Å². The number of halogens is 1. The van der Waals surface area contributed by atoms with Crippen LogP contribution in [0.3, 0.4) is 0 Å². The van der Waals surface area contributed by atoms with Crippen LogP contribution in [0, 0.1) is 0 Å². The molecule has 4 heteroatoms. The molecule has 1 atom stereocenters. The van der Waals surface area contributed by atoms with E-state index < -0.39 is 0 Å². The number of aliphatic imine (C=N–C) groups is 2. The lowest BCUT2D eigenvalue weighted by molar-refractivity contribution is 0.756. The summed E-state index contributed by atoms with van der Waals surface area (Å²) in [6.45, 7) is 0. The third kappa shape index (κ3) is 4.27. The van der Waals surface area contributed by atoms with E-state index >= 15 is 0 Å². The highest BCUT2D eigenvalue weighted by Gasteiger charge is 2.20. The van der Waals surface area contributed by atoms with Crippen LogP contribution < -0.4 is 5.32 Å². The highest BCUT2D eigenvalue weighted by Crippen LogP contribution is 2.26. The zero-order valence-electron chi connectivity index (χ0n) is 16.7. The fraction of sp³-hybridized carbons (Fsp3) is 0.0370. The van der Waals surface area contributed by atoms with E-state index in [1.807, 2.05) is 60.7 Å². The zero-order valence-corrected chi connectivity index (χ0v) is 17.5. The van der Waals surface area contributed by atoms with Gasteiger partial charge in [0, 0.05) is 16.1 Å². The zero-order chi connectivity index (χ0) is 21.0. The van der Waals surface area contributed by atoms with Crippen LogP contribution in [-0.2, 0) is 0 Å². The van der Waals surface area contributed by atoms with Crippen molar-refractivity contribution in [2.75, 3.05) is 0 Å². The van der Waals surface area contributed by atoms with Crippen molar-refractivity contribution in [3.63, 3.8) is 0 Å². The Morgan fingerprint density at radius 1 is 0.516 bits per heavy atom. The average molecular weight is 422 g/mol. The predicted octanol–water partition coefficient (Wildman–Crippen LogP) is 6.50. The van der Waals surface area contributed by atoms with Crippen molar-refractivity contribution in [2.45, 2.75) is 6.17 Å². The van der Waals surface area contributed by atoms with Crippen molar-refractivity contribution < 1.29 is 0 Å². The molecule has 0 amide bonds. The first-order valence-corrected chi connectivity index (χ1v) is 10.5. The smallest absolute Gasteiger partial charge is 0.169 e. The molecule has 1 N–H and O–H groups in total. The number of hydrogen-bond donors (Lipinski definition) is 1. The van der Waals surface area contributed by atoms with Gasteiger partial charge in [0.2, 0.25) is 0 Å². The molecule has 3 nitrogen and oxygen atoms in total. The molecule has 0 radical (unpaired) electrons. The second-order valence-corrected chi connectivity index (χ2v) is 7.75. The van der Waals surface area contributed by atoms with Gasteiger partial charge in [-0.1, -0.05) is 109 Å². The van der Waals surface area contributed by atoms with Gasteiger partial charge < -0.3 is 5.32 Å². The quantitative estimate of drug-likeness (QED) is 0.401. The maximum Gasteiger partial charge on any atom is 0.169 e. The fourth-order valence-corrected chi connectivity index (χ4v) is 3.70. The maximum atomic E-state index is 6.02. The van der Waals surface area contributed by atoms with Crippen LogP contribution in [0.25, 0.3) is 11.1 Å². The number of nitrogens with one attached hydrogen (secondary N) is 1. The Morgan fingerprint density at radius 2 is 0.968 bits per heavy atom. The molecule has 1 heterocycles. The van der Waals surface area contributed by atoms with E-state index in [2.05, 4.69) is 53.8 Å². The molecule has 0 bridgehead atoms. The lowest BCUT2D eigenvalue weighted by atomic mass is 10.0. The first-order chi connectivity index (χ1) is 15.3. The molecule has 4 aromatic carbocycles. The van der Waals surface area contributed by atoms with E-state index in [0.717, 1.165) is 44.5 Å². The molecule has 31 heavy (non-hydrogen) atoms. The maximum absolute atomic E-state index is 6.02. The van der Waals surface area contributed by atoms with Crippen molar-refractivity contribution in [1.29, 1.82) is 0 Å². The summed E-state index contributed by atoms with van der Waals surface area (Å²) in [4.78, 5) is 9.79. The summed E-state index contributed by atoms with van der Waals surface area (Å²) in [6, 6.07) is 36.6. The lowest BCUT2D eigenvalue weighted by Gasteiger charge is -2.22. The van der Waals surface area contributed by atoms with Crippen molar-refractivity contribution in [1.82, 2.24) is 5.32 Å². The number of nitrogens with zero attached hydrogens (tertiary/aromatic N) is 2. The van der Waals surface area contributed by atoms with Gasteiger partial charge in [0.15, 0.2) is 6.17 Å². The molecule has 0 saturated carbocycles. The highest BCUT2D eigenvalue weighted by molar-refractivity contribution is 6.30. The summed E-state index contributed by atoms with van der Waals surface area (Å²) in [6.07, 6.45) is -0.288. The van der Waals surface area contributed by atoms with E-state index in [0.29, 0.717) is 0 Å². The van der Waals surface area contributed by atoms with Crippen molar-refractivity contribution in [3.8, 4) is 11.1 Å². The van der Waals surface area contributed by atoms with Crippen molar-refractivity contribution in [2.24, 2.45) is 9.98 Å². The Kier molecular flexibility index (Phi) is 5.34. The van der Waals surface area contributed by atoms with Gasteiger partial charge in [0.25, 0.3) is 0 Å². The second-order valence-electron chi connectivity index (χ2n) is 7.32. The monoisotopic (exact) mass is 421 g/mol. The molecule has 150 valence electrons. The molecule has 5 rings (SSSR count). The SMILES string of the molecule is Clc1ccc(-c2ccc(C3=NC(c4ccccc4)N=C(c4ccccc4)N3)cc2)cc1. The fourth-order valence-electron chi connectivity index (χ4n) is 3.58. The van der Waals surface area contributed by atoms with Crippen LogP contribution in [0.5, 0.6) is 0 Å². The Bertz CT molecular complexity index is 1230. The standard InChI is InChI=1S/C27H20ClN3/c28-24-17-15-20(16-18-24)19-11-13-23(14-12-19)27-30-25(21-7-3-1-4-8-21)29-26(31-27)22-9-5-2-6-10-22/h1-18,25H,(H,29,30,31). The summed E-state index contributed by atoms with van der Waals surface area (Å²) in [7, 11) is 0. The third-order valence-electron chi connectivity index (χ3n) is 5.22. The molecule has 0 aliphatic carbocycles.